The van der Waals surface area contributed by atoms with Crippen molar-refractivity contribution in [1.29, 1.82) is 0 Å². The topological polar surface area (TPSA) is 17.1 Å². The van der Waals surface area contributed by atoms with E-state index in [2.05, 4.69) is 6.92 Å². The van der Waals surface area contributed by atoms with Gasteiger partial charge in [-0.25, -0.2) is 0 Å². The van der Waals surface area contributed by atoms with Gasteiger partial charge in [0.05, 0.1) is 0 Å². The van der Waals surface area contributed by atoms with Gasteiger partial charge in [0.2, 0.25) is 0 Å². The first-order valence-corrected chi connectivity index (χ1v) is 4.11. The number of hydrogen-bond acceptors (Lipinski definition) is 1. The van der Waals surface area contributed by atoms with E-state index in [4.69, 9.17) is 11.6 Å². The molecule has 2 heteroatoms. The normalized spacial score (nSPS) is 19.6. The van der Waals surface area contributed by atoms with Gasteiger partial charge in [0, 0.05) is 11.3 Å². The number of halogens is 1. The second-order valence-electron chi connectivity index (χ2n) is 3.00. The Bertz CT molecular complexity index is 101. The minimum atomic E-state index is 0.149. The fraction of sp³-hybridized carbons (Fsp3) is 0.875. The second kappa shape index (κ2) is 4.73. The highest BCUT2D eigenvalue weighted by Gasteiger charge is 2.12. The van der Waals surface area contributed by atoms with Crippen LogP contribution >= 0.6 is 11.6 Å². The van der Waals surface area contributed by atoms with Crippen LogP contribution in [-0.2, 0) is 4.79 Å². The van der Waals surface area contributed by atoms with E-state index in [-0.39, 0.29) is 11.3 Å². The summed E-state index contributed by atoms with van der Waals surface area (Å²) in [6, 6.07) is 0. The van der Waals surface area contributed by atoms with Gasteiger partial charge in [0.1, 0.15) is 6.29 Å². The van der Waals surface area contributed by atoms with E-state index in [1.54, 1.807) is 0 Å². The average molecular weight is 163 g/mol. The highest BCUT2D eigenvalue weighted by Crippen LogP contribution is 2.17. The summed E-state index contributed by atoms with van der Waals surface area (Å²) in [7, 11) is 0. The Morgan fingerprint density at radius 1 is 1.40 bits per heavy atom. The quantitative estimate of drug-likeness (QED) is 0.459. The number of rotatable bonds is 4. The fourth-order valence-electron chi connectivity index (χ4n) is 0.830. The molecule has 0 fully saturated rings. The first-order chi connectivity index (χ1) is 4.57. The van der Waals surface area contributed by atoms with Crippen molar-refractivity contribution in [2.45, 2.75) is 32.6 Å². The van der Waals surface area contributed by atoms with Crippen LogP contribution < -0.4 is 0 Å². The lowest BCUT2D eigenvalue weighted by Gasteiger charge is -2.14. The molecule has 0 spiro atoms. The van der Waals surface area contributed by atoms with Gasteiger partial charge in [-0.2, -0.15) is 0 Å². The Kier molecular flexibility index (Phi) is 4.71. The summed E-state index contributed by atoms with van der Waals surface area (Å²) >= 11 is 5.81. The van der Waals surface area contributed by atoms with Gasteiger partial charge in [-0.15, -0.1) is 11.6 Å². The summed E-state index contributed by atoms with van der Waals surface area (Å²) in [5.41, 5.74) is 0. The molecule has 0 aliphatic heterocycles. The molecule has 0 unspecified atom stereocenters. The molecule has 0 aliphatic carbocycles. The minimum absolute atomic E-state index is 0.149. The zero-order chi connectivity index (χ0) is 8.15. The van der Waals surface area contributed by atoms with Crippen LogP contribution in [0.15, 0.2) is 0 Å². The maximum atomic E-state index is 10.2. The number of carbonyl (C=O) groups excluding carboxylic acids is 1. The molecule has 0 aromatic heterocycles. The molecule has 0 saturated carbocycles. The summed E-state index contributed by atoms with van der Waals surface area (Å²) < 4.78 is 0. The highest BCUT2D eigenvalue weighted by molar-refractivity contribution is 6.20. The maximum absolute atomic E-state index is 10.2. The molecule has 0 N–H and O–H groups in total. The van der Waals surface area contributed by atoms with E-state index in [9.17, 15) is 4.79 Å². The van der Waals surface area contributed by atoms with Crippen molar-refractivity contribution in [1.82, 2.24) is 0 Å². The maximum Gasteiger partial charge on any atom is 0.122 e. The van der Waals surface area contributed by atoms with Crippen molar-refractivity contribution < 1.29 is 4.79 Å². The monoisotopic (exact) mass is 162 g/mol. The fourth-order valence-corrected chi connectivity index (χ4v) is 0.932. The number of aldehydes is 1. The van der Waals surface area contributed by atoms with Crippen LogP contribution in [-0.4, -0.2) is 11.7 Å². The first-order valence-electron chi connectivity index (χ1n) is 3.67. The van der Waals surface area contributed by atoms with Gasteiger partial charge in [-0.05, 0) is 19.3 Å². The zero-order valence-electron chi connectivity index (χ0n) is 6.80. The lowest BCUT2D eigenvalue weighted by molar-refractivity contribution is -0.111. The molecule has 0 saturated heterocycles. The molecule has 10 heavy (non-hydrogen) atoms. The van der Waals surface area contributed by atoms with Crippen LogP contribution in [0.1, 0.15) is 27.2 Å². The van der Waals surface area contributed by atoms with Crippen LogP contribution in [0.5, 0.6) is 0 Å². The molecular weight excluding hydrogens is 148 g/mol. The van der Waals surface area contributed by atoms with Crippen molar-refractivity contribution in [3.05, 3.63) is 0 Å². The predicted octanol–water partition coefficient (Wildman–Crippen LogP) is 2.47. The van der Waals surface area contributed by atoms with Crippen LogP contribution in [0.3, 0.4) is 0 Å². The molecular formula is C8H15ClO. The molecule has 0 aliphatic rings. The summed E-state index contributed by atoms with van der Waals surface area (Å²) in [5, 5.41) is 0.169. The van der Waals surface area contributed by atoms with E-state index in [0.29, 0.717) is 5.92 Å². The van der Waals surface area contributed by atoms with E-state index in [1.807, 2.05) is 13.8 Å². The van der Waals surface area contributed by atoms with Gasteiger partial charge < -0.3 is 4.79 Å². The molecule has 0 aromatic carbocycles. The van der Waals surface area contributed by atoms with E-state index in [0.717, 1.165) is 12.7 Å². The smallest absolute Gasteiger partial charge is 0.122 e. The molecule has 0 radical (unpaired) electrons. The van der Waals surface area contributed by atoms with Crippen molar-refractivity contribution in [3.8, 4) is 0 Å². The van der Waals surface area contributed by atoms with Gasteiger partial charge in [-0.3, -0.25) is 0 Å². The lowest BCUT2D eigenvalue weighted by Crippen LogP contribution is -2.11. The molecule has 0 aromatic rings. The molecule has 60 valence electrons. The highest BCUT2D eigenvalue weighted by atomic mass is 35.5. The Balaban J connectivity index is 3.56. The molecule has 0 amide bonds. The third kappa shape index (κ3) is 3.89. The van der Waals surface area contributed by atoms with Crippen LogP contribution in [0.25, 0.3) is 0 Å². The summed E-state index contributed by atoms with van der Waals surface area (Å²) in [6.45, 7) is 5.95. The number of hydrogen-bond donors (Lipinski definition) is 0. The van der Waals surface area contributed by atoms with E-state index < -0.39 is 0 Å². The third-order valence-corrected chi connectivity index (χ3v) is 2.19. The van der Waals surface area contributed by atoms with Crippen molar-refractivity contribution in [2.75, 3.05) is 0 Å². The molecule has 1 nitrogen and oxygen atoms in total. The van der Waals surface area contributed by atoms with Gasteiger partial charge in [0.25, 0.3) is 0 Å². The van der Waals surface area contributed by atoms with E-state index >= 15 is 0 Å². The van der Waals surface area contributed by atoms with Crippen LogP contribution in [0.4, 0.5) is 0 Å². The summed E-state index contributed by atoms with van der Waals surface area (Å²) in [5.74, 6) is 0.582. The zero-order valence-corrected chi connectivity index (χ0v) is 7.56. The standard InChI is InChI=1S/C8H15ClO/c1-6(5-10)4-7(2)8(3)9/h5-8H,4H2,1-3H3/t6-,7-,8-/m0/s1. The molecule has 0 heterocycles. The van der Waals surface area contributed by atoms with Gasteiger partial charge in [0.15, 0.2) is 0 Å². The van der Waals surface area contributed by atoms with E-state index in [1.165, 1.54) is 0 Å². The average Bonchev–Trinajstić information content (AvgIpc) is 1.87. The predicted molar refractivity (Wildman–Crippen MR) is 44.3 cm³/mol. The van der Waals surface area contributed by atoms with Crippen molar-refractivity contribution in [2.24, 2.45) is 11.8 Å². The minimum Gasteiger partial charge on any atom is -0.303 e. The molecule has 3 atom stereocenters. The van der Waals surface area contributed by atoms with Crippen LogP contribution in [0, 0.1) is 11.8 Å². The number of carbonyl (C=O) groups is 1. The number of alkyl halides is 1. The van der Waals surface area contributed by atoms with Crippen molar-refractivity contribution >= 4 is 17.9 Å². The summed E-state index contributed by atoms with van der Waals surface area (Å²) in [4.78, 5) is 10.2. The Morgan fingerprint density at radius 2 is 1.90 bits per heavy atom. The first kappa shape index (κ1) is 9.96. The molecule has 0 rings (SSSR count). The summed E-state index contributed by atoms with van der Waals surface area (Å²) in [6.07, 6.45) is 1.88. The SMILES string of the molecule is C[C@H](C=O)C[C@H](C)[C@H](C)Cl. The Labute approximate surface area is 67.8 Å². The van der Waals surface area contributed by atoms with Crippen LogP contribution in [0.2, 0.25) is 0 Å². The van der Waals surface area contributed by atoms with Gasteiger partial charge in [-0.1, -0.05) is 13.8 Å². The largest absolute Gasteiger partial charge is 0.303 e. The Morgan fingerprint density at radius 3 is 2.20 bits per heavy atom. The van der Waals surface area contributed by atoms with Crippen molar-refractivity contribution in [3.63, 3.8) is 0 Å². The Hall–Kier alpha value is -0.0400. The third-order valence-electron chi connectivity index (χ3n) is 1.76. The lowest BCUT2D eigenvalue weighted by atomic mass is 9.96. The molecule has 0 bridgehead atoms. The van der Waals surface area contributed by atoms with Gasteiger partial charge >= 0.3 is 0 Å². The second-order valence-corrected chi connectivity index (χ2v) is 3.69.